The van der Waals surface area contributed by atoms with Crippen molar-refractivity contribution in [3.63, 3.8) is 0 Å². The van der Waals surface area contributed by atoms with Gasteiger partial charge < -0.3 is 14.4 Å². The van der Waals surface area contributed by atoms with Crippen LogP contribution in [0.4, 0.5) is 0 Å². The van der Waals surface area contributed by atoms with Crippen LogP contribution in [0.3, 0.4) is 0 Å². The molecule has 0 saturated carbocycles. The number of thioether (sulfide) groups is 1. The molecule has 1 N–H and O–H groups in total. The van der Waals surface area contributed by atoms with Gasteiger partial charge >= 0.3 is 0 Å². The largest absolute Gasteiger partial charge is 0.464 e. The Balaban J connectivity index is 1.94. The highest BCUT2D eigenvalue weighted by molar-refractivity contribution is 8.17. The first-order chi connectivity index (χ1) is 10.3. The summed E-state index contributed by atoms with van der Waals surface area (Å²) in [5.74, 6) is 0. The summed E-state index contributed by atoms with van der Waals surface area (Å²) in [4.78, 5) is 8.03. The van der Waals surface area contributed by atoms with Crippen LogP contribution in [0.25, 0.3) is 16.7 Å². The molecule has 3 heterocycles. The van der Waals surface area contributed by atoms with E-state index in [2.05, 4.69) is 28.9 Å². The van der Waals surface area contributed by atoms with E-state index in [1.165, 1.54) is 21.7 Å². The lowest BCUT2D eigenvalue weighted by atomic mass is 10.0. The summed E-state index contributed by atoms with van der Waals surface area (Å²) in [6, 6.07) is 6.28. The Morgan fingerprint density at radius 3 is 3.19 bits per heavy atom. The Labute approximate surface area is 127 Å². The maximum absolute atomic E-state index is 9.36. The van der Waals surface area contributed by atoms with Crippen molar-refractivity contribution in [3.8, 4) is 0 Å². The van der Waals surface area contributed by atoms with Gasteiger partial charge in [0.25, 0.3) is 0 Å². The Morgan fingerprint density at radius 1 is 1.43 bits per heavy atom. The molecule has 0 aliphatic carbocycles. The number of furan rings is 1. The summed E-state index contributed by atoms with van der Waals surface area (Å²) in [6.45, 7) is 4.00. The Kier molecular flexibility index (Phi) is 3.05. The molecule has 108 valence electrons. The number of nitrogens with zero attached hydrogens (tertiary/aromatic N) is 2. The van der Waals surface area contributed by atoms with Gasteiger partial charge in [0.15, 0.2) is 5.17 Å². The average molecular weight is 300 g/mol. The summed E-state index contributed by atoms with van der Waals surface area (Å²) in [5.41, 5.74) is 4.47. The molecule has 2 aliphatic rings. The summed E-state index contributed by atoms with van der Waals surface area (Å²) < 4.78 is 5.58. The fourth-order valence-corrected chi connectivity index (χ4v) is 4.18. The number of aliphatic hydroxyl groups is 1. The van der Waals surface area contributed by atoms with Gasteiger partial charge in [0.05, 0.1) is 18.5 Å². The van der Waals surface area contributed by atoms with Crippen LogP contribution in [-0.2, 0) is 0 Å². The van der Waals surface area contributed by atoms with E-state index in [-0.39, 0.29) is 6.61 Å². The second kappa shape index (κ2) is 4.93. The van der Waals surface area contributed by atoms with Crippen molar-refractivity contribution in [1.29, 1.82) is 0 Å². The van der Waals surface area contributed by atoms with E-state index in [4.69, 9.17) is 4.42 Å². The molecular formula is C16H16N2O2S. The molecule has 2 aromatic rings. The van der Waals surface area contributed by atoms with E-state index in [9.17, 15) is 5.11 Å². The Hall–Kier alpha value is -1.72. The van der Waals surface area contributed by atoms with Crippen LogP contribution >= 0.6 is 11.8 Å². The summed E-state index contributed by atoms with van der Waals surface area (Å²) in [7, 11) is 0. The molecule has 0 bridgehead atoms. The quantitative estimate of drug-likeness (QED) is 0.945. The third-order valence-electron chi connectivity index (χ3n) is 3.86. The maximum atomic E-state index is 9.36. The average Bonchev–Trinajstić information content (AvgIpc) is 3.12. The van der Waals surface area contributed by atoms with Crippen molar-refractivity contribution in [2.24, 2.45) is 4.99 Å². The number of hydrogen-bond donors (Lipinski definition) is 1. The number of fused-ring (bicyclic) bond motifs is 2. The van der Waals surface area contributed by atoms with Crippen molar-refractivity contribution in [3.05, 3.63) is 40.5 Å². The molecule has 0 atom stereocenters. The van der Waals surface area contributed by atoms with E-state index in [1.807, 2.05) is 6.07 Å². The molecule has 0 radical (unpaired) electrons. The molecule has 2 aliphatic heterocycles. The lowest BCUT2D eigenvalue weighted by Crippen LogP contribution is -2.20. The molecule has 1 aromatic heterocycles. The zero-order chi connectivity index (χ0) is 14.4. The normalized spacial score (nSPS) is 17.8. The third kappa shape index (κ3) is 2.00. The number of aliphatic imine (C=N–C) groups is 1. The number of rotatable bonds is 3. The molecule has 4 rings (SSSR count). The van der Waals surface area contributed by atoms with Crippen LogP contribution < -0.4 is 0 Å². The first kappa shape index (κ1) is 13.0. The standard InChI is InChI=1S/C16H16N2O2S/c1-10-8-12(11-3-7-20-13(11)9-10)15-14(2-6-19)21-16-17-4-5-18(15)16/h3,7-9,19H,2,4-6H2,1H3. The molecule has 0 unspecified atom stereocenters. The van der Waals surface area contributed by atoms with Crippen molar-refractivity contribution in [1.82, 2.24) is 4.90 Å². The highest BCUT2D eigenvalue weighted by atomic mass is 32.2. The monoisotopic (exact) mass is 300 g/mol. The van der Waals surface area contributed by atoms with Gasteiger partial charge in [-0.1, -0.05) is 11.8 Å². The van der Waals surface area contributed by atoms with Gasteiger partial charge in [-0.05, 0) is 30.7 Å². The minimum atomic E-state index is 0.160. The zero-order valence-electron chi connectivity index (χ0n) is 11.8. The van der Waals surface area contributed by atoms with Gasteiger partial charge in [-0.25, -0.2) is 0 Å². The summed E-state index contributed by atoms with van der Waals surface area (Å²) >= 11 is 1.69. The zero-order valence-corrected chi connectivity index (χ0v) is 12.6. The van der Waals surface area contributed by atoms with E-state index in [0.717, 1.165) is 29.2 Å². The van der Waals surface area contributed by atoms with Gasteiger partial charge in [0.1, 0.15) is 5.58 Å². The molecule has 0 spiro atoms. The Bertz CT molecular complexity index is 776. The van der Waals surface area contributed by atoms with Gasteiger partial charge in [0.2, 0.25) is 0 Å². The molecule has 0 amide bonds. The van der Waals surface area contributed by atoms with E-state index < -0.39 is 0 Å². The molecule has 1 aromatic carbocycles. The highest BCUT2D eigenvalue weighted by Crippen LogP contribution is 2.45. The van der Waals surface area contributed by atoms with E-state index >= 15 is 0 Å². The molecule has 4 nitrogen and oxygen atoms in total. The van der Waals surface area contributed by atoms with Gasteiger partial charge in [-0.3, -0.25) is 4.99 Å². The van der Waals surface area contributed by atoms with Crippen LogP contribution in [0, 0.1) is 6.92 Å². The lowest BCUT2D eigenvalue weighted by molar-refractivity contribution is 0.301. The number of amidine groups is 1. The number of aliphatic hydroxyl groups excluding tert-OH is 1. The predicted molar refractivity (Wildman–Crippen MR) is 86.2 cm³/mol. The smallest absolute Gasteiger partial charge is 0.168 e. The number of hydrogen-bond acceptors (Lipinski definition) is 5. The van der Waals surface area contributed by atoms with Gasteiger partial charge in [0, 0.05) is 35.4 Å². The second-order valence-electron chi connectivity index (χ2n) is 5.31. The van der Waals surface area contributed by atoms with E-state index in [0.29, 0.717) is 6.42 Å². The first-order valence-corrected chi connectivity index (χ1v) is 7.91. The highest BCUT2D eigenvalue weighted by Gasteiger charge is 2.33. The van der Waals surface area contributed by atoms with Crippen LogP contribution in [0.1, 0.15) is 17.5 Å². The van der Waals surface area contributed by atoms with Crippen LogP contribution in [0.2, 0.25) is 0 Å². The van der Waals surface area contributed by atoms with Crippen molar-refractivity contribution in [2.45, 2.75) is 13.3 Å². The minimum Gasteiger partial charge on any atom is -0.464 e. The summed E-state index contributed by atoms with van der Waals surface area (Å²) in [6.07, 6.45) is 2.41. The van der Waals surface area contributed by atoms with Crippen LogP contribution in [0.15, 0.2) is 38.8 Å². The van der Waals surface area contributed by atoms with Crippen LogP contribution in [-0.4, -0.2) is 34.9 Å². The molecule has 0 saturated heterocycles. The molecule has 21 heavy (non-hydrogen) atoms. The maximum Gasteiger partial charge on any atom is 0.168 e. The van der Waals surface area contributed by atoms with Crippen molar-refractivity contribution < 1.29 is 9.52 Å². The number of benzene rings is 1. The number of aryl methyl sites for hydroxylation is 1. The Morgan fingerprint density at radius 2 is 2.33 bits per heavy atom. The SMILES string of the molecule is Cc1cc(C2=C(CCO)SC3=NCCN32)c2ccoc2c1. The van der Waals surface area contributed by atoms with E-state index in [1.54, 1.807) is 18.0 Å². The van der Waals surface area contributed by atoms with Crippen molar-refractivity contribution in [2.75, 3.05) is 19.7 Å². The minimum absolute atomic E-state index is 0.160. The third-order valence-corrected chi connectivity index (χ3v) is 5.04. The lowest BCUT2D eigenvalue weighted by Gasteiger charge is -2.18. The molecular weight excluding hydrogens is 284 g/mol. The van der Waals surface area contributed by atoms with Gasteiger partial charge in [-0.15, -0.1) is 0 Å². The fourth-order valence-electron chi connectivity index (χ4n) is 3.00. The first-order valence-electron chi connectivity index (χ1n) is 7.10. The predicted octanol–water partition coefficient (Wildman–Crippen LogP) is 3.21. The fraction of sp³-hybridized carbons (Fsp3) is 0.312. The molecule has 0 fully saturated rings. The summed E-state index contributed by atoms with van der Waals surface area (Å²) in [5, 5.41) is 11.5. The topological polar surface area (TPSA) is 49.0 Å². The van der Waals surface area contributed by atoms with Crippen LogP contribution in [0.5, 0.6) is 0 Å². The van der Waals surface area contributed by atoms with Crippen molar-refractivity contribution >= 4 is 33.6 Å². The second-order valence-corrected chi connectivity index (χ2v) is 6.37. The van der Waals surface area contributed by atoms with Gasteiger partial charge in [-0.2, -0.15) is 0 Å². The molecule has 5 heteroatoms.